The zero-order valence-electron chi connectivity index (χ0n) is 14.1. The Balaban J connectivity index is 1.70. The number of nitrogens with zero attached hydrogens (tertiary/aromatic N) is 3. The minimum Gasteiger partial charge on any atom is -0.443 e. The third-order valence-corrected chi connectivity index (χ3v) is 4.00. The number of aromatic nitrogens is 2. The van der Waals surface area contributed by atoms with Gasteiger partial charge in [0.15, 0.2) is 11.5 Å². The Morgan fingerprint density at radius 3 is 2.73 bits per heavy atom. The van der Waals surface area contributed by atoms with Crippen molar-refractivity contribution in [2.45, 2.75) is 13.8 Å². The largest absolute Gasteiger partial charge is 0.443 e. The molecule has 0 radical (unpaired) electrons. The van der Waals surface area contributed by atoms with Crippen LogP contribution in [0.5, 0.6) is 0 Å². The van der Waals surface area contributed by atoms with Crippen molar-refractivity contribution in [2.24, 2.45) is 0 Å². The molecule has 0 atom stereocenters. The molecule has 3 heterocycles. The fraction of sp³-hybridized carbons (Fsp3) is 0.105. The number of nitrogens with one attached hydrogen (secondary N) is 1. The van der Waals surface area contributed by atoms with Crippen molar-refractivity contribution in [3.63, 3.8) is 0 Å². The summed E-state index contributed by atoms with van der Waals surface area (Å²) >= 11 is 0. The zero-order chi connectivity index (χ0) is 18.3. The molecule has 1 aromatic carbocycles. The van der Waals surface area contributed by atoms with Gasteiger partial charge in [0.05, 0.1) is 0 Å². The van der Waals surface area contributed by atoms with E-state index in [2.05, 4.69) is 16.4 Å². The molecule has 0 bridgehead atoms. The van der Waals surface area contributed by atoms with E-state index in [9.17, 15) is 10.1 Å². The summed E-state index contributed by atoms with van der Waals surface area (Å²) in [5.41, 5.74) is 2.24. The van der Waals surface area contributed by atoms with E-state index >= 15 is 0 Å². The first-order valence-corrected chi connectivity index (χ1v) is 7.92. The molecule has 26 heavy (non-hydrogen) atoms. The van der Waals surface area contributed by atoms with Gasteiger partial charge in [-0.3, -0.25) is 9.36 Å². The summed E-state index contributed by atoms with van der Waals surface area (Å²) in [5, 5.41) is 12.3. The van der Waals surface area contributed by atoms with E-state index in [-0.39, 0.29) is 11.1 Å². The fourth-order valence-corrected chi connectivity index (χ4v) is 2.87. The minimum atomic E-state index is -0.420. The summed E-state index contributed by atoms with van der Waals surface area (Å²) in [6.45, 7) is 3.42. The number of rotatable bonds is 3. The molecule has 0 spiro atoms. The lowest BCUT2D eigenvalue weighted by Crippen LogP contribution is -2.13. The number of carbonyl (C=O) groups is 1. The molecular formula is C19H14N4O3. The van der Waals surface area contributed by atoms with Gasteiger partial charge in [0.1, 0.15) is 28.5 Å². The summed E-state index contributed by atoms with van der Waals surface area (Å²) in [4.78, 5) is 17.0. The predicted octanol–water partition coefficient (Wildman–Crippen LogP) is 3.95. The number of nitriles is 1. The molecule has 4 aromatic rings. The van der Waals surface area contributed by atoms with E-state index in [0.29, 0.717) is 34.3 Å². The van der Waals surface area contributed by atoms with Crippen LogP contribution in [0.1, 0.15) is 27.6 Å². The summed E-state index contributed by atoms with van der Waals surface area (Å²) in [5.74, 6) is 0.829. The molecule has 0 aliphatic rings. The van der Waals surface area contributed by atoms with E-state index in [1.165, 1.54) is 0 Å². The molecule has 4 rings (SSSR count). The van der Waals surface area contributed by atoms with Crippen molar-refractivity contribution in [1.29, 1.82) is 5.26 Å². The number of anilines is 1. The first-order valence-electron chi connectivity index (χ1n) is 7.92. The molecule has 0 fully saturated rings. The third kappa shape index (κ3) is 2.54. The summed E-state index contributed by atoms with van der Waals surface area (Å²) in [6, 6.07) is 10.9. The highest BCUT2D eigenvalue weighted by molar-refractivity contribution is 6.07. The maximum Gasteiger partial charge on any atom is 0.260 e. The zero-order valence-corrected chi connectivity index (χ0v) is 14.1. The van der Waals surface area contributed by atoms with Crippen molar-refractivity contribution >= 4 is 22.7 Å². The Labute approximate surface area is 148 Å². The minimum absolute atomic E-state index is 0.188. The Kier molecular flexibility index (Phi) is 3.59. The van der Waals surface area contributed by atoms with Crippen molar-refractivity contribution < 1.29 is 13.6 Å². The van der Waals surface area contributed by atoms with E-state index in [4.69, 9.17) is 8.83 Å². The number of carbonyl (C=O) groups excluding carboxylic acids is 1. The number of benzene rings is 1. The lowest BCUT2D eigenvalue weighted by molar-refractivity contribution is 0.102. The van der Waals surface area contributed by atoms with Gasteiger partial charge < -0.3 is 14.2 Å². The molecule has 1 N–H and O–H groups in total. The number of furan rings is 1. The second-order valence-corrected chi connectivity index (χ2v) is 5.79. The fourth-order valence-electron chi connectivity index (χ4n) is 2.87. The molecule has 0 saturated carbocycles. The van der Waals surface area contributed by atoms with Crippen molar-refractivity contribution in [3.8, 4) is 12.0 Å². The lowest BCUT2D eigenvalue weighted by Gasteiger charge is -2.04. The Morgan fingerprint density at radius 2 is 2.00 bits per heavy atom. The molecule has 0 aliphatic carbocycles. The van der Waals surface area contributed by atoms with E-state index in [1.54, 1.807) is 49.0 Å². The molecular weight excluding hydrogens is 332 g/mol. The SMILES string of the molecule is Cc1nc2ccc(NC(=O)c3c(C)oc(-n4cccc4)c3C#N)cc2o1. The highest BCUT2D eigenvalue weighted by Gasteiger charge is 2.24. The average molecular weight is 346 g/mol. The first-order chi connectivity index (χ1) is 12.6. The molecule has 128 valence electrons. The Morgan fingerprint density at radius 1 is 1.23 bits per heavy atom. The number of hydrogen-bond donors (Lipinski definition) is 1. The smallest absolute Gasteiger partial charge is 0.260 e. The molecule has 0 unspecified atom stereocenters. The second kappa shape index (κ2) is 5.93. The van der Waals surface area contributed by atoms with Crippen LogP contribution in [0.2, 0.25) is 0 Å². The van der Waals surface area contributed by atoms with Crippen LogP contribution in [-0.4, -0.2) is 15.5 Å². The number of amides is 1. The van der Waals surface area contributed by atoms with Crippen LogP contribution < -0.4 is 5.32 Å². The van der Waals surface area contributed by atoms with Crippen molar-refractivity contribution in [3.05, 3.63) is 65.5 Å². The van der Waals surface area contributed by atoms with Gasteiger partial charge >= 0.3 is 0 Å². The van der Waals surface area contributed by atoms with Crippen LogP contribution in [-0.2, 0) is 0 Å². The quantitative estimate of drug-likeness (QED) is 0.606. The van der Waals surface area contributed by atoms with E-state index in [1.807, 2.05) is 12.1 Å². The number of oxazole rings is 1. The van der Waals surface area contributed by atoms with Gasteiger partial charge in [0.25, 0.3) is 5.91 Å². The van der Waals surface area contributed by atoms with Gasteiger partial charge in [-0.05, 0) is 31.2 Å². The predicted molar refractivity (Wildman–Crippen MR) is 94.2 cm³/mol. The molecule has 3 aromatic heterocycles. The maximum absolute atomic E-state index is 12.8. The van der Waals surface area contributed by atoms with Crippen molar-refractivity contribution in [1.82, 2.24) is 9.55 Å². The van der Waals surface area contributed by atoms with Crippen LogP contribution in [0.25, 0.3) is 17.0 Å². The van der Waals surface area contributed by atoms with E-state index in [0.717, 1.165) is 0 Å². The molecule has 0 aliphatic heterocycles. The van der Waals surface area contributed by atoms with Crippen LogP contribution in [0, 0.1) is 25.2 Å². The third-order valence-electron chi connectivity index (χ3n) is 4.00. The highest BCUT2D eigenvalue weighted by Crippen LogP contribution is 2.27. The molecule has 1 amide bonds. The molecule has 0 saturated heterocycles. The topological polar surface area (TPSA) is 97.0 Å². The standard InChI is InChI=1S/C19H14N4O3/c1-11-17(14(10-20)19(25-11)23-7-3-4-8-23)18(24)22-13-5-6-15-16(9-13)26-12(2)21-15/h3-9H,1-2H3,(H,22,24). The van der Waals surface area contributed by atoms with Gasteiger partial charge in [0.2, 0.25) is 5.88 Å². The average Bonchev–Trinajstić information content (AvgIpc) is 3.31. The van der Waals surface area contributed by atoms with Gasteiger partial charge in [-0.15, -0.1) is 0 Å². The lowest BCUT2D eigenvalue weighted by atomic mass is 10.1. The summed E-state index contributed by atoms with van der Waals surface area (Å²) in [6.07, 6.45) is 3.50. The number of hydrogen-bond acceptors (Lipinski definition) is 5. The number of fused-ring (bicyclic) bond motifs is 1. The molecule has 7 heteroatoms. The van der Waals surface area contributed by atoms with Crippen LogP contribution >= 0.6 is 0 Å². The normalized spacial score (nSPS) is 10.8. The van der Waals surface area contributed by atoms with Gasteiger partial charge in [-0.25, -0.2) is 4.98 Å². The monoisotopic (exact) mass is 346 g/mol. The highest BCUT2D eigenvalue weighted by atomic mass is 16.4. The van der Waals surface area contributed by atoms with Crippen LogP contribution in [0.15, 0.2) is 51.6 Å². The van der Waals surface area contributed by atoms with Gasteiger partial charge in [-0.2, -0.15) is 5.26 Å². The Hall–Kier alpha value is -3.79. The second-order valence-electron chi connectivity index (χ2n) is 5.79. The maximum atomic E-state index is 12.8. The van der Waals surface area contributed by atoms with Crippen LogP contribution in [0.3, 0.4) is 0 Å². The number of aryl methyl sites for hydroxylation is 2. The summed E-state index contributed by atoms with van der Waals surface area (Å²) < 4.78 is 12.8. The van der Waals surface area contributed by atoms with Gasteiger partial charge in [-0.1, -0.05) is 0 Å². The van der Waals surface area contributed by atoms with Gasteiger partial charge in [0, 0.05) is 31.1 Å². The molecule has 7 nitrogen and oxygen atoms in total. The Bertz CT molecular complexity index is 1160. The van der Waals surface area contributed by atoms with E-state index < -0.39 is 5.91 Å². The summed E-state index contributed by atoms with van der Waals surface area (Å²) in [7, 11) is 0. The van der Waals surface area contributed by atoms with Crippen molar-refractivity contribution in [2.75, 3.05) is 5.32 Å². The first kappa shape index (κ1) is 15.7. The van der Waals surface area contributed by atoms with Crippen LogP contribution in [0.4, 0.5) is 5.69 Å².